The molecule has 1 atom stereocenters. The number of hydrogen-bond donors (Lipinski definition) is 1. The Labute approximate surface area is 145 Å². The molecule has 0 saturated heterocycles. The molecule has 0 spiro atoms. The summed E-state index contributed by atoms with van der Waals surface area (Å²) in [6.07, 6.45) is 0. The van der Waals surface area contributed by atoms with Crippen LogP contribution in [0.3, 0.4) is 0 Å². The number of halogens is 1. The molecule has 2 aromatic carbocycles. The summed E-state index contributed by atoms with van der Waals surface area (Å²) in [7, 11) is 0. The van der Waals surface area contributed by atoms with E-state index < -0.39 is 11.8 Å². The van der Waals surface area contributed by atoms with E-state index in [1.54, 1.807) is 0 Å². The number of amides is 2. The molecule has 4 nitrogen and oxygen atoms in total. The average Bonchev–Trinajstić information content (AvgIpc) is 2.81. The first-order valence-electron chi connectivity index (χ1n) is 7.69. The van der Waals surface area contributed by atoms with Gasteiger partial charge in [0.1, 0.15) is 10.7 Å². The van der Waals surface area contributed by atoms with Crippen molar-refractivity contribution in [2.75, 3.05) is 0 Å². The van der Waals surface area contributed by atoms with Crippen molar-refractivity contribution in [3.63, 3.8) is 0 Å². The summed E-state index contributed by atoms with van der Waals surface area (Å²) >= 11 is 6.12. The summed E-state index contributed by atoms with van der Waals surface area (Å²) in [4.78, 5) is 26.1. The van der Waals surface area contributed by atoms with Gasteiger partial charge in [0.05, 0.1) is 6.54 Å². The van der Waals surface area contributed by atoms with Crippen LogP contribution in [0.4, 0.5) is 0 Å². The zero-order valence-electron chi connectivity index (χ0n) is 13.2. The molecular weight excluding hydrogens is 324 g/mol. The second-order valence-corrected chi connectivity index (χ2v) is 6.03. The van der Waals surface area contributed by atoms with Gasteiger partial charge in [-0.2, -0.15) is 0 Å². The van der Waals surface area contributed by atoms with E-state index in [9.17, 15) is 9.59 Å². The number of imide groups is 1. The number of benzene rings is 2. The molecule has 2 amide bonds. The topological polar surface area (TPSA) is 49.4 Å². The lowest BCUT2D eigenvalue weighted by Crippen LogP contribution is -2.33. The van der Waals surface area contributed by atoms with Gasteiger partial charge in [-0.25, -0.2) is 0 Å². The van der Waals surface area contributed by atoms with Crippen molar-refractivity contribution in [1.29, 1.82) is 0 Å². The van der Waals surface area contributed by atoms with Crippen molar-refractivity contribution in [3.05, 3.63) is 82.5 Å². The van der Waals surface area contributed by atoms with Crippen LogP contribution in [0.25, 0.3) is 0 Å². The van der Waals surface area contributed by atoms with E-state index >= 15 is 0 Å². The fourth-order valence-corrected chi connectivity index (χ4v) is 2.86. The highest BCUT2D eigenvalue weighted by atomic mass is 35.5. The van der Waals surface area contributed by atoms with Crippen LogP contribution < -0.4 is 5.32 Å². The maximum atomic E-state index is 12.6. The van der Waals surface area contributed by atoms with Gasteiger partial charge in [0.25, 0.3) is 11.8 Å². The highest BCUT2D eigenvalue weighted by Gasteiger charge is 2.38. The first kappa shape index (κ1) is 16.3. The zero-order chi connectivity index (χ0) is 17.1. The van der Waals surface area contributed by atoms with Gasteiger partial charge in [0.2, 0.25) is 0 Å². The van der Waals surface area contributed by atoms with Crippen molar-refractivity contribution >= 4 is 23.4 Å². The SMILES string of the molecule is C[C@@H](NC1=C(Cl)C(=O)N(Cc2ccccc2)C1=O)c1ccccc1. The minimum Gasteiger partial charge on any atom is -0.373 e. The Balaban J connectivity index is 1.77. The van der Waals surface area contributed by atoms with Crippen LogP contribution in [0.5, 0.6) is 0 Å². The van der Waals surface area contributed by atoms with Crippen molar-refractivity contribution in [2.24, 2.45) is 0 Å². The molecule has 3 rings (SSSR count). The molecule has 0 unspecified atom stereocenters. The lowest BCUT2D eigenvalue weighted by Gasteiger charge is -2.18. The van der Waals surface area contributed by atoms with Gasteiger partial charge in [-0.1, -0.05) is 72.3 Å². The maximum Gasteiger partial charge on any atom is 0.278 e. The molecule has 24 heavy (non-hydrogen) atoms. The van der Waals surface area contributed by atoms with Gasteiger partial charge < -0.3 is 5.32 Å². The highest BCUT2D eigenvalue weighted by molar-refractivity contribution is 6.47. The normalized spacial score (nSPS) is 15.8. The van der Waals surface area contributed by atoms with Crippen molar-refractivity contribution in [2.45, 2.75) is 19.5 Å². The van der Waals surface area contributed by atoms with E-state index in [4.69, 9.17) is 11.6 Å². The average molecular weight is 341 g/mol. The predicted molar refractivity (Wildman–Crippen MR) is 92.9 cm³/mol. The third kappa shape index (κ3) is 3.19. The van der Waals surface area contributed by atoms with Crippen LogP contribution in [-0.2, 0) is 16.1 Å². The summed E-state index contributed by atoms with van der Waals surface area (Å²) in [6, 6.07) is 18.9. The minimum atomic E-state index is -0.465. The number of hydrogen-bond acceptors (Lipinski definition) is 3. The standard InChI is InChI=1S/C19H17ClN2O2/c1-13(15-10-6-3-7-11-15)21-17-16(20)18(23)22(19(17)24)12-14-8-4-2-5-9-14/h2-11,13,21H,12H2,1H3/t13-/m1/s1. The largest absolute Gasteiger partial charge is 0.373 e. The quantitative estimate of drug-likeness (QED) is 0.849. The Morgan fingerprint density at radius 1 is 0.958 bits per heavy atom. The van der Waals surface area contributed by atoms with Crippen LogP contribution in [0.2, 0.25) is 0 Å². The molecular formula is C19H17ClN2O2. The monoisotopic (exact) mass is 340 g/mol. The smallest absolute Gasteiger partial charge is 0.278 e. The number of rotatable bonds is 5. The minimum absolute atomic E-state index is 0.0567. The van der Waals surface area contributed by atoms with E-state index in [-0.39, 0.29) is 23.3 Å². The lowest BCUT2D eigenvalue weighted by molar-refractivity contribution is -0.138. The molecule has 0 radical (unpaired) electrons. The molecule has 0 aromatic heterocycles. The van der Waals surface area contributed by atoms with Crippen LogP contribution in [0.15, 0.2) is 71.4 Å². The van der Waals surface area contributed by atoms with Crippen molar-refractivity contribution < 1.29 is 9.59 Å². The second-order valence-electron chi connectivity index (χ2n) is 5.65. The van der Waals surface area contributed by atoms with Crippen LogP contribution in [0.1, 0.15) is 24.1 Å². The molecule has 1 N–H and O–H groups in total. The van der Waals surface area contributed by atoms with E-state index in [1.807, 2.05) is 67.6 Å². The van der Waals surface area contributed by atoms with Gasteiger partial charge in [-0.3, -0.25) is 14.5 Å². The van der Waals surface area contributed by atoms with Crippen LogP contribution >= 0.6 is 11.6 Å². The third-order valence-corrected chi connectivity index (χ3v) is 4.31. The Kier molecular flexibility index (Phi) is 4.67. The Morgan fingerprint density at radius 2 is 1.54 bits per heavy atom. The van der Waals surface area contributed by atoms with Crippen LogP contribution in [-0.4, -0.2) is 16.7 Å². The molecule has 1 heterocycles. The Morgan fingerprint density at radius 3 is 2.17 bits per heavy atom. The highest BCUT2D eigenvalue weighted by Crippen LogP contribution is 2.26. The van der Waals surface area contributed by atoms with Crippen molar-refractivity contribution in [3.8, 4) is 0 Å². The van der Waals surface area contributed by atoms with Crippen molar-refractivity contribution in [1.82, 2.24) is 10.2 Å². The molecule has 0 aliphatic carbocycles. The second kappa shape index (κ2) is 6.89. The van der Waals surface area contributed by atoms with E-state index in [0.29, 0.717) is 0 Å². The molecule has 2 aromatic rings. The van der Waals surface area contributed by atoms with Gasteiger partial charge in [0, 0.05) is 6.04 Å². The van der Waals surface area contributed by atoms with Crippen LogP contribution in [0, 0.1) is 0 Å². The van der Waals surface area contributed by atoms with Gasteiger partial charge in [-0.05, 0) is 18.1 Å². The number of nitrogens with one attached hydrogen (secondary N) is 1. The molecule has 5 heteroatoms. The zero-order valence-corrected chi connectivity index (χ0v) is 14.0. The van der Waals surface area contributed by atoms with Gasteiger partial charge in [0.15, 0.2) is 0 Å². The fraction of sp³-hybridized carbons (Fsp3) is 0.158. The molecule has 0 fully saturated rings. The maximum absolute atomic E-state index is 12.6. The fourth-order valence-electron chi connectivity index (χ4n) is 2.62. The molecule has 1 aliphatic rings. The first-order valence-corrected chi connectivity index (χ1v) is 8.07. The predicted octanol–water partition coefficient (Wildman–Crippen LogP) is 3.36. The Hall–Kier alpha value is -2.59. The molecule has 0 bridgehead atoms. The summed E-state index contributed by atoms with van der Waals surface area (Å²) < 4.78 is 0. The lowest BCUT2D eigenvalue weighted by atomic mass is 10.1. The van der Waals surface area contributed by atoms with E-state index in [1.165, 1.54) is 0 Å². The first-order chi connectivity index (χ1) is 11.6. The number of carbonyl (C=O) groups is 2. The molecule has 0 saturated carbocycles. The summed E-state index contributed by atoms with van der Waals surface area (Å²) in [5, 5.41) is 3.02. The molecule has 1 aliphatic heterocycles. The molecule has 122 valence electrons. The summed E-state index contributed by atoms with van der Waals surface area (Å²) in [6.45, 7) is 2.13. The number of nitrogens with zero attached hydrogens (tertiary/aromatic N) is 1. The van der Waals surface area contributed by atoms with E-state index in [2.05, 4.69) is 5.32 Å². The van der Waals surface area contributed by atoms with E-state index in [0.717, 1.165) is 16.0 Å². The van der Waals surface area contributed by atoms with Gasteiger partial charge >= 0.3 is 0 Å². The summed E-state index contributed by atoms with van der Waals surface area (Å²) in [5.74, 6) is -0.857. The Bertz CT molecular complexity index is 788. The van der Waals surface area contributed by atoms with Gasteiger partial charge in [-0.15, -0.1) is 0 Å². The third-order valence-electron chi connectivity index (χ3n) is 3.96. The number of carbonyl (C=O) groups excluding carboxylic acids is 2. The summed E-state index contributed by atoms with van der Waals surface area (Å²) in [5.41, 5.74) is 2.05.